The normalized spacial score (nSPS) is 24.6. The van der Waals surface area contributed by atoms with E-state index < -0.39 is 0 Å². The second-order valence-electron chi connectivity index (χ2n) is 6.82. The van der Waals surface area contributed by atoms with Crippen molar-refractivity contribution in [2.75, 3.05) is 0 Å². The van der Waals surface area contributed by atoms with Crippen molar-refractivity contribution in [3.05, 3.63) is 66.2 Å². The van der Waals surface area contributed by atoms with Gasteiger partial charge in [-0.2, -0.15) is 5.10 Å². The maximum absolute atomic E-state index is 12.7. The van der Waals surface area contributed by atoms with E-state index in [1.807, 2.05) is 66.9 Å². The van der Waals surface area contributed by atoms with Crippen molar-refractivity contribution in [1.82, 2.24) is 10.3 Å². The first-order chi connectivity index (χ1) is 12.8. The van der Waals surface area contributed by atoms with Crippen molar-refractivity contribution in [2.24, 2.45) is 5.10 Å². The fourth-order valence-corrected chi connectivity index (χ4v) is 3.67. The lowest BCUT2D eigenvalue weighted by molar-refractivity contribution is 0.179. The van der Waals surface area contributed by atoms with Crippen LogP contribution in [0.15, 0.2) is 65.8 Å². The Bertz CT molecular complexity index is 763. The number of nitrogens with one attached hydrogen (secondary N) is 1. The number of ether oxygens (including phenoxy) is 1. The summed E-state index contributed by atoms with van der Waals surface area (Å²) in [5.74, 6) is 0.887. The molecule has 0 spiro atoms. The first-order valence-corrected chi connectivity index (χ1v) is 9.18. The third-order valence-electron chi connectivity index (χ3n) is 4.98. The second kappa shape index (κ2) is 7.60. The molecule has 1 aliphatic heterocycles. The minimum atomic E-state index is -0.127. The lowest BCUT2D eigenvalue weighted by atomic mass is 10.1. The molecule has 2 aromatic carbocycles. The summed E-state index contributed by atoms with van der Waals surface area (Å²) in [6.45, 7) is 0. The molecule has 1 N–H and O–H groups in total. The maximum atomic E-state index is 12.7. The van der Waals surface area contributed by atoms with Crippen molar-refractivity contribution in [3.63, 3.8) is 0 Å². The zero-order valence-electron chi connectivity index (χ0n) is 14.6. The van der Waals surface area contributed by atoms with E-state index in [9.17, 15) is 4.79 Å². The predicted molar refractivity (Wildman–Crippen MR) is 101 cm³/mol. The summed E-state index contributed by atoms with van der Waals surface area (Å²) in [6.07, 6.45) is 5.42. The zero-order chi connectivity index (χ0) is 17.8. The molecule has 0 radical (unpaired) electrons. The average Bonchev–Trinajstić information content (AvgIpc) is 3.33. The van der Waals surface area contributed by atoms with E-state index in [0.717, 1.165) is 37.0 Å². The van der Waals surface area contributed by atoms with Gasteiger partial charge in [0, 0.05) is 25.1 Å². The molecular weight excluding hydrogens is 326 g/mol. The first-order valence-electron chi connectivity index (χ1n) is 9.18. The summed E-state index contributed by atoms with van der Waals surface area (Å²) < 4.78 is 6.01. The van der Waals surface area contributed by atoms with Crippen LogP contribution in [0.1, 0.15) is 37.3 Å². The number of carbonyl (C=O) groups is 1. The van der Waals surface area contributed by atoms with E-state index in [0.29, 0.717) is 0 Å². The van der Waals surface area contributed by atoms with Gasteiger partial charge in [0.2, 0.25) is 0 Å². The van der Waals surface area contributed by atoms with Gasteiger partial charge in [-0.1, -0.05) is 48.5 Å². The molecule has 4 rings (SSSR count). The molecule has 5 heteroatoms. The number of carbonyl (C=O) groups excluding carboxylic acids is 1. The molecule has 1 saturated carbocycles. The van der Waals surface area contributed by atoms with Gasteiger partial charge in [-0.15, -0.1) is 0 Å². The average molecular weight is 349 g/mol. The van der Waals surface area contributed by atoms with Crippen molar-refractivity contribution >= 4 is 12.2 Å². The molecule has 2 aromatic rings. The number of amides is 2. The molecule has 3 atom stereocenters. The van der Waals surface area contributed by atoms with Crippen molar-refractivity contribution in [1.29, 1.82) is 0 Å². The van der Waals surface area contributed by atoms with Crippen molar-refractivity contribution < 1.29 is 9.53 Å². The summed E-state index contributed by atoms with van der Waals surface area (Å²) in [5.41, 5.74) is 1.11. The van der Waals surface area contributed by atoms with Gasteiger partial charge in [0.15, 0.2) is 0 Å². The first kappa shape index (κ1) is 16.6. The number of para-hydroxylation sites is 1. The van der Waals surface area contributed by atoms with Gasteiger partial charge in [0.1, 0.15) is 11.9 Å². The van der Waals surface area contributed by atoms with E-state index in [1.165, 1.54) is 0 Å². The third-order valence-corrected chi connectivity index (χ3v) is 4.98. The smallest absolute Gasteiger partial charge is 0.338 e. The summed E-state index contributed by atoms with van der Waals surface area (Å²) in [5, 5.41) is 8.99. The Kier molecular flexibility index (Phi) is 4.86. The van der Waals surface area contributed by atoms with Crippen LogP contribution in [0.3, 0.4) is 0 Å². The van der Waals surface area contributed by atoms with Gasteiger partial charge in [0.05, 0.1) is 6.04 Å². The largest absolute Gasteiger partial charge is 0.490 e. The highest BCUT2D eigenvalue weighted by atomic mass is 16.5. The summed E-state index contributed by atoms with van der Waals surface area (Å²) >= 11 is 0. The molecule has 134 valence electrons. The van der Waals surface area contributed by atoms with Crippen LogP contribution in [0.5, 0.6) is 5.75 Å². The Morgan fingerprint density at radius 3 is 2.54 bits per heavy atom. The second-order valence-corrected chi connectivity index (χ2v) is 6.82. The molecule has 1 heterocycles. The van der Waals surface area contributed by atoms with Crippen LogP contribution in [0, 0.1) is 0 Å². The van der Waals surface area contributed by atoms with Crippen LogP contribution < -0.4 is 10.1 Å². The molecular formula is C21H23N3O2. The van der Waals surface area contributed by atoms with Crippen molar-refractivity contribution in [2.45, 2.75) is 43.9 Å². The third kappa shape index (κ3) is 3.72. The Morgan fingerprint density at radius 1 is 1.04 bits per heavy atom. The molecule has 1 aliphatic carbocycles. The van der Waals surface area contributed by atoms with E-state index in [-0.39, 0.29) is 24.2 Å². The molecule has 2 aliphatic rings. The molecule has 0 bridgehead atoms. The van der Waals surface area contributed by atoms with Crippen LogP contribution in [0.2, 0.25) is 0 Å². The summed E-state index contributed by atoms with van der Waals surface area (Å²) in [6, 6.07) is 19.9. The molecule has 1 fully saturated rings. The standard InChI is InChI=1S/C21H23N3O2/c25-21(24-20(13-14-22-24)16-7-3-1-4-8-16)23-17-11-12-19(15-17)26-18-9-5-2-6-10-18/h1-10,14,17,19-20H,11-13,15H2,(H,23,25)/t17-,19-,20?/m0/s1. The molecule has 0 aromatic heterocycles. The Morgan fingerprint density at radius 2 is 1.77 bits per heavy atom. The topological polar surface area (TPSA) is 53.9 Å². The maximum Gasteiger partial charge on any atom is 0.338 e. The quantitative estimate of drug-likeness (QED) is 0.902. The lowest BCUT2D eigenvalue weighted by Gasteiger charge is -2.24. The number of urea groups is 1. The van der Waals surface area contributed by atoms with Gasteiger partial charge < -0.3 is 10.1 Å². The highest BCUT2D eigenvalue weighted by molar-refractivity contribution is 5.78. The van der Waals surface area contributed by atoms with Crippen LogP contribution in [0.4, 0.5) is 4.79 Å². The SMILES string of the molecule is O=C(N[C@H]1CC[C@H](Oc2ccccc2)C1)N1N=CCC1c1ccccc1. The van der Waals surface area contributed by atoms with Crippen molar-refractivity contribution in [3.8, 4) is 5.75 Å². The minimum Gasteiger partial charge on any atom is -0.490 e. The van der Waals surface area contributed by atoms with E-state index in [2.05, 4.69) is 10.4 Å². The molecule has 26 heavy (non-hydrogen) atoms. The lowest BCUT2D eigenvalue weighted by Crippen LogP contribution is -2.42. The summed E-state index contributed by atoms with van der Waals surface area (Å²) in [4.78, 5) is 12.7. The highest BCUT2D eigenvalue weighted by Gasteiger charge is 2.32. The summed E-state index contributed by atoms with van der Waals surface area (Å²) in [7, 11) is 0. The van der Waals surface area contributed by atoms with Crippen LogP contribution >= 0.6 is 0 Å². The number of hydrogen-bond donors (Lipinski definition) is 1. The Hall–Kier alpha value is -2.82. The fourth-order valence-electron chi connectivity index (χ4n) is 3.67. The van der Waals surface area contributed by atoms with Crippen LogP contribution in [-0.2, 0) is 0 Å². The van der Waals surface area contributed by atoms with E-state index in [4.69, 9.17) is 4.74 Å². The molecule has 5 nitrogen and oxygen atoms in total. The van der Waals surface area contributed by atoms with Gasteiger partial charge in [-0.3, -0.25) is 0 Å². The highest BCUT2D eigenvalue weighted by Crippen LogP contribution is 2.29. The number of benzene rings is 2. The Balaban J connectivity index is 1.33. The van der Waals surface area contributed by atoms with Gasteiger partial charge in [0.25, 0.3) is 0 Å². The number of hydrogen-bond acceptors (Lipinski definition) is 3. The molecule has 1 unspecified atom stereocenters. The Labute approximate surface area is 153 Å². The van der Waals surface area contributed by atoms with Gasteiger partial charge in [-0.25, -0.2) is 9.80 Å². The molecule has 0 saturated heterocycles. The van der Waals surface area contributed by atoms with Gasteiger partial charge in [-0.05, 0) is 30.5 Å². The van der Waals surface area contributed by atoms with Gasteiger partial charge >= 0.3 is 6.03 Å². The zero-order valence-corrected chi connectivity index (χ0v) is 14.6. The number of rotatable bonds is 4. The fraction of sp³-hybridized carbons (Fsp3) is 0.333. The van der Waals surface area contributed by atoms with E-state index in [1.54, 1.807) is 5.01 Å². The van der Waals surface area contributed by atoms with Crippen LogP contribution in [-0.4, -0.2) is 29.4 Å². The van der Waals surface area contributed by atoms with E-state index >= 15 is 0 Å². The van der Waals surface area contributed by atoms with Crippen LogP contribution in [0.25, 0.3) is 0 Å². The monoisotopic (exact) mass is 349 g/mol. The number of nitrogens with zero attached hydrogens (tertiary/aromatic N) is 2. The molecule has 2 amide bonds. The predicted octanol–water partition coefficient (Wildman–Crippen LogP) is 4.13. The minimum absolute atomic E-state index is 0.0195. The number of hydrazone groups is 1.